The maximum Gasteiger partial charge on any atom is 0.310 e. The van der Waals surface area contributed by atoms with Crippen LogP contribution in [0.1, 0.15) is 5.56 Å². The zero-order valence-corrected chi connectivity index (χ0v) is 15.1. The van der Waals surface area contributed by atoms with Crippen LogP contribution in [-0.2, 0) is 20.7 Å². The van der Waals surface area contributed by atoms with Gasteiger partial charge in [-0.3, -0.25) is 19.7 Å². The van der Waals surface area contributed by atoms with Gasteiger partial charge in [-0.25, -0.2) is 4.39 Å². The largest absolute Gasteiger partial charge is 0.493 e. The number of methoxy groups -OCH3 is 2. The number of benzene rings is 2. The highest BCUT2D eigenvalue weighted by atomic mass is 19.1. The van der Waals surface area contributed by atoms with Gasteiger partial charge in [-0.15, -0.1) is 0 Å². The molecule has 10 heteroatoms. The fraction of sp³-hybridized carbons (Fsp3) is 0.222. The minimum absolute atomic E-state index is 0.126. The Bertz CT molecular complexity index is 901. The van der Waals surface area contributed by atoms with Crippen molar-refractivity contribution in [2.24, 2.45) is 0 Å². The molecule has 9 nitrogen and oxygen atoms in total. The highest BCUT2D eigenvalue weighted by molar-refractivity contribution is 5.93. The number of non-ortho nitro benzene ring substituents is 1. The molecule has 0 atom stereocenters. The van der Waals surface area contributed by atoms with Crippen LogP contribution in [0.2, 0.25) is 0 Å². The molecule has 148 valence electrons. The fourth-order valence-electron chi connectivity index (χ4n) is 2.26. The van der Waals surface area contributed by atoms with E-state index >= 15 is 0 Å². The van der Waals surface area contributed by atoms with Gasteiger partial charge in [0, 0.05) is 12.1 Å². The molecule has 0 aliphatic heterocycles. The number of ether oxygens (including phenoxy) is 3. The molecule has 0 aliphatic rings. The van der Waals surface area contributed by atoms with Crippen molar-refractivity contribution in [1.29, 1.82) is 0 Å². The third-order valence-electron chi connectivity index (χ3n) is 3.60. The van der Waals surface area contributed by atoms with Crippen LogP contribution in [0.3, 0.4) is 0 Å². The fourth-order valence-corrected chi connectivity index (χ4v) is 2.26. The van der Waals surface area contributed by atoms with E-state index in [9.17, 15) is 24.1 Å². The average Bonchev–Trinajstić information content (AvgIpc) is 2.67. The number of nitrogens with zero attached hydrogens (tertiary/aromatic N) is 1. The first-order valence-electron chi connectivity index (χ1n) is 7.94. The van der Waals surface area contributed by atoms with Gasteiger partial charge in [0.1, 0.15) is 5.82 Å². The zero-order chi connectivity index (χ0) is 20.7. The maximum atomic E-state index is 13.6. The molecular formula is C18H17FN2O7. The number of carbonyl (C=O) groups excluding carboxylic acids is 2. The second-order valence-electron chi connectivity index (χ2n) is 5.50. The van der Waals surface area contributed by atoms with Crippen LogP contribution >= 0.6 is 0 Å². The first-order valence-corrected chi connectivity index (χ1v) is 7.94. The number of halogens is 1. The second kappa shape index (κ2) is 9.31. The molecule has 0 spiro atoms. The van der Waals surface area contributed by atoms with E-state index < -0.39 is 29.2 Å². The first kappa shape index (κ1) is 20.6. The molecule has 2 aromatic carbocycles. The van der Waals surface area contributed by atoms with Crippen molar-refractivity contribution in [3.63, 3.8) is 0 Å². The predicted octanol–water partition coefficient (Wildman–Crippen LogP) is 2.48. The number of esters is 1. The zero-order valence-electron chi connectivity index (χ0n) is 15.1. The topological polar surface area (TPSA) is 117 Å². The van der Waals surface area contributed by atoms with E-state index in [1.165, 1.54) is 14.2 Å². The van der Waals surface area contributed by atoms with Crippen LogP contribution in [-0.4, -0.2) is 37.6 Å². The number of rotatable bonds is 8. The number of carbonyl (C=O) groups is 2. The van der Waals surface area contributed by atoms with Gasteiger partial charge < -0.3 is 19.5 Å². The maximum absolute atomic E-state index is 13.6. The lowest BCUT2D eigenvalue weighted by molar-refractivity contribution is -0.384. The number of nitro groups is 1. The van der Waals surface area contributed by atoms with Crippen LogP contribution in [0.5, 0.6) is 11.5 Å². The van der Waals surface area contributed by atoms with Crippen LogP contribution in [0.15, 0.2) is 36.4 Å². The Morgan fingerprint density at radius 2 is 1.82 bits per heavy atom. The van der Waals surface area contributed by atoms with E-state index in [0.29, 0.717) is 17.1 Å². The lowest BCUT2D eigenvalue weighted by atomic mass is 10.1. The molecule has 0 heterocycles. The molecule has 0 saturated carbocycles. The Balaban J connectivity index is 1.92. The van der Waals surface area contributed by atoms with Gasteiger partial charge in [-0.05, 0) is 23.8 Å². The lowest BCUT2D eigenvalue weighted by Gasteiger charge is -2.10. The van der Waals surface area contributed by atoms with Crippen molar-refractivity contribution in [3.8, 4) is 11.5 Å². The standard InChI is InChI=1S/C18H17FN2O7/c1-26-15-6-3-11(7-16(15)27-2)8-18(23)28-10-17(22)20-14-9-12(21(24)25)4-5-13(14)19/h3-7,9H,8,10H2,1-2H3,(H,20,22). The van der Waals surface area contributed by atoms with Crippen LogP contribution in [0, 0.1) is 15.9 Å². The highest BCUT2D eigenvalue weighted by Crippen LogP contribution is 2.27. The molecule has 2 rings (SSSR count). The van der Waals surface area contributed by atoms with E-state index in [0.717, 1.165) is 18.2 Å². The van der Waals surface area contributed by atoms with Gasteiger partial charge in [-0.1, -0.05) is 6.07 Å². The minimum Gasteiger partial charge on any atom is -0.493 e. The van der Waals surface area contributed by atoms with Crippen LogP contribution in [0.4, 0.5) is 15.8 Å². The van der Waals surface area contributed by atoms with Crippen molar-refractivity contribution >= 4 is 23.3 Å². The molecule has 0 aliphatic carbocycles. The van der Waals surface area contributed by atoms with Gasteiger partial charge in [0.2, 0.25) is 0 Å². The molecule has 1 N–H and O–H groups in total. The van der Waals surface area contributed by atoms with E-state index in [4.69, 9.17) is 14.2 Å². The second-order valence-corrected chi connectivity index (χ2v) is 5.50. The summed E-state index contributed by atoms with van der Waals surface area (Å²) in [5.41, 5.74) is -0.190. The molecule has 28 heavy (non-hydrogen) atoms. The van der Waals surface area contributed by atoms with Gasteiger partial charge in [0.15, 0.2) is 18.1 Å². The van der Waals surface area contributed by atoms with Crippen molar-refractivity contribution < 1.29 is 33.1 Å². The Hall–Kier alpha value is -3.69. The Morgan fingerprint density at radius 1 is 1.11 bits per heavy atom. The summed E-state index contributed by atoms with van der Waals surface area (Å²) in [5, 5.41) is 12.8. The van der Waals surface area contributed by atoms with Crippen molar-refractivity contribution in [2.75, 3.05) is 26.1 Å². The van der Waals surface area contributed by atoms with Crippen molar-refractivity contribution in [1.82, 2.24) is 0 Å². The predicted molar refractivity (Wildman–Crippen MR) is 95.9 cm³/mol. The molecule has 0 unspecified atom stereocenters. The summed E-state index contributed by atoms with van der Waals surface area (Å²) in [6, 6.07) is 7.56. The summed E-state index contributed by atoms with van der Waals surface area (Å²) < 4.78 is 28.7. The number of amides is 1. The molecule has 0 aromatic heterocycles. The first-order chi connectivity index (χ1) is 13.3. The molecule has 0 radical (unpaired) electrons. The Labute approximate surface area is 159 Å². The van der Waals surface area contributed by atoms with E-state index in [-0.39, 0.29) is 17.8 Å². The van der Waals surface area contributed by atoms with Crippen LogP contribution in [0.25, 0.3) is 0 Å². The monoisotopic (exact) mass is 392 g/mol. The molecule has 0 fully saturated rings. The number of nitro benzene ring substituents is 1. The molecule has 1 amide bonds. The Morgan fingerprint density at radius 3 is 2.46 bits per heavy atom. The number of nitrogens with one attached hydrogen (secondary N) is 1. The Kier molecular flexibility index (Phi) is 6.85. The van der Waals surface area contributed by atoms with Crippen LogP contribution < -0.4 is 14.8 Å². The summed E-state index contributed by atoms with van der Waals surface area (Å²) in [4.78, 5) is 33.7. The molecule has 0 bridgehead atoms. The third-order valence-corrected chi connectivity index (χ3v) is 3.60. The molecule has 0 saturated heterocycles. The summed E-state index contributed by atoms with van der Waals surface area (Å²) in [5.74, 6) is -1.44. The normalized spacial score (nSPS) is 10.1. The van der Waals surface area contributed by atoms with E-state index in [2.05, 4.69) is 5.32 Å². The molecule has 2 aromatic rings. The minimum atomic E-state index is -0.851. The number of hydrogen-bond acceptors (Lipinski definition) is 7. The van der Waals surface area contributed by atoms with Gasteiger partial charge >= 0.3 is 5.97 Å². The van der Waals surface area contributed by atoms with Gasteiger partial charge in [0.25, 0.3) is 11.6 Å². The molecular weight excluding hydrogens is 375 g/mol. The summed E-state index contributed by atoms with van der Waals surface area (Å²) in [6.45, 7) is -0.672. The van der Waals surface area contributed by atoms with Crippen molar-refractivity contribution in [3.05, 3.63) is 57.9 Å². The SMILES string of the molecule is COc1ccc(CC(=O)OCC(=O)Nc2cc([N+](=O)[O-])ccc2F)cc1OC. The average molecular weight is 392 g/mol. The smallest absolute Gasteiger partial charge is 0.310 e. The summed E-state index contributed by atoms with van der Waals surface area (Å²) >= 11 is 0. The lowest BCUT2D eigenvalue weighted by Crippen LogP contribution is -2.22. The number of hydrogen-bond donors (Lipinski definition) is 1. The van der Waals surface area contributed by atoms with Crippen molar-refractivity contribution in [2.45, 2.75) is 6.42 Å². The third kappa shape index (κ3) is 5.40. The highest BCUT2D eigenvalue weighted by Gasteiger charge is 2.15. The van der Waals surface area contributed by atoms with Gasteiger partial charge in [-0.2, -0.15) is 0 Å². The van der Waals surface area contributed by atoms with E-state index in [1.54, 1.807) is 18.2 Å². The van der Waals surface area contributed by atoms with E-state index in [1.807, 2.05) is 0 Å². The number of anilines is 1. The van der Waals surface area contributed by atoms with Gasteiger partial charge in [0.05, 0.1) is 31.3 Å². The summed E-state index contributed by atoms with van der Waals surface area (Å²) in [7, 11) is 2.94. The quantitative estimate of drug-likeness (QED) is 0.417. The summed E-state index contributed by atoms with van der Waals surface area (Å²) in [6.07, 6.45) is -0.126.